The van der Waals surface area contributed by atoms with Crippen molar-refractivity contribution in [3.8, 4) is 0 Å². The van der Waals surface area contributed by atoms with Crippen molar-refractivity contribution in [1.82, 2.24) is 10.3 Å². The van der Waals surface area contributed by atoms with Gasteiger partial charge in [0.2, 0.25) is 0 Å². The van der Waals surface area contributed by atoms with Gasteiger partial charge in [0, 0.05) is 18.8 Å². The molecule has 0 atom stereocenters. The van der Waals surface area contributed by atoms with Gasteiger partial charge in [-0.1, -0.05) is 24.6 Å². The Morgan fingerprint density at radius 3 is 2.50 bits per heavy atom. The van der Waals surface area contributed by atoms with Crippen LogP contribution in [0.3, 0.4) is 0 Å². The molecule has 0 unspecified atom stereocenters. The van der Waals surface area contributed by atoms with E-state index in [2.05, 4.69) is 27.9 Å². The van der Waals surface area contributed by atoms with Crippen LogP contribution in [0.5, 0.6) is 0 Å². The van der Waals surface area contributed by atoms with Crippen molar-refractivity contribution in [2.45, 2.75) is 19.3 Å². The molecule has 2 N–H and O–H groups in total. The summed E-state index contributed by atoms with van der Waals surface area (Å²) in [6.07, 6.45) is 4.14. The van der Waals surface area contributed by atoms with Crippen LogP contribution in [0.2, 0.25) is 0 Å². The van der Waals surface area contributed by atoms with Crippen LogP contribution in [0.1, 0.15) is 19.3 Å². The van der Waals surface area contributed by atoms with Gasteiger partial charge in [0.15, 0.2) is 0 Å². The molecule has 3 nitrogen and oxygen atoms in total. The van der Waals surface area contributed by atoms with Crippen LogP contribution in [-0.4, -0.2) is 31.1 Å². The van der Waals surface area contributed by atoms with Crippen LogP contribution in [0.15, 0.2) is 30.3 Å². The Morgan fingerprint density at radius 1 is 1.00 bits per heavy atom. The summed E-state index contributed by atoms with van der Waals surface area (Å²) in [6.45, 7) is 4.68. The molecule has 0 bridgehead atoms. The first kappa shape index (κ1) is 11.4. The van der Waals surface area contributed by atoms with Crippen molar-refractivity contribution >= 4 is 5.69 Å². The quantitative estimate of drug-likeness (QED) is 0.586. The highest BCUT2D eigenvalue weighted by Gasteiger charge is 2.08. The van der Waals surface area contributed by atoms with Crippen LogP contribution in [0.4, 0.5) is 5.69 Å². The Balaban J connectivity index is 1.58. The van der Waals surface area contributed by atoms with Crippen LogP contribution >= 0.6 is 0 Å². The third-order valence-electron chi connectivity index (χ3n) is 3.01. The fourth-order valence-electron chi connectivity index (χ4n) is 2.08. The molecule has 1 aliphatic rings. The summed E-state index contributed by atoms with van der Waals surface area (Å²) < 4.78 is 0. The van der Waals surface area contributed by atoms with E-state index in [1.165, 1.54) is 32.4 Å². The van der Waals surface area contributed by atoms with E-state index in [4.69, 9.17) is 0 Å². The molecule has 1 heterocycles. The van der Waals surface area contributed by atoms with E-state index >= 15 is 0 Å². The Bertz CT molecular complexity index is 280. The van der Waals surface area contributed by atoms with Crippen molar-refractivity contribution in [2.24, 2.45) is 0 Å². The van der Waals surface area contributed by atoms with E-state index in [1.54, 1.807) is 0 Å². The number of likely N-dealkylation sites (tertiary alicyclic amines) is 1. The highest BCUT2D eigenvalue weighted by atomic mass is 15.4. The zero-order valence-electron chi connectivity index (χ0n) is 9.78. The lowest BCUT2D eigenvalue weighted by atomic mass is 10.1. The third-order valence-corrected chi connectivity index (χ3v) is 3.01. The molecule has 0 aliphatic carbocycles. The summed E-state index contributed by atoms with van der Waals surface area (Å²) in [5, 5.41) is 0. The van der Waals surface area contributed by atoms with Gasteiger partial charge in [0.05, 0.1) is 0 Å². The van der Waals surface area contributed by atoms with Gasteiger partial charge in [-0.25, -0.2) is 5.43 Å². The average molecular weight is 219 g/mol. The maximum atomic E-state index is 3.26. The Hall–Kier alpha value is -1.06. The predicted octanol–water partition coefficient (Wildman–Crippen LogP) is 2.09. The summed E-state index contributed by atoms with van der Waals surface area (Å²) in [7, 11) is 0. The predicted molar refractivity (Wildman–Crippen MR) is 68.4 cm³/mol. The molecular weight excluding hydrogens is 198 g/mol. The Morgan fingerprint density at radius 2 is 1.75 bits per heavy atom. The highest BCUT2D eigenvalue weighted by molar-refractivity contribution is 5.41. The lowest BCUT2D eigenvalue weighted by Gasteiger charge is -2.26. The molecule has 3 heteroatoms. The number of nitrogens with zero attached hydrogens (tertiary/aromatic N) is 1. The first-order valence-corrected chi connectivity index (χ1v) is 6.21. The fraction of sp³-hybridized carbons (Fsp3) is 0.538. The van der Waals surface area contributed by atoms with Gasteiger partial charge < -0.3 is 10.3 Å². The number of nitrogens with one attached hydrogen (secondary N) is 2. The number of rotatable bonds is 5. The van der Waals surface area contributed by atoms with E-state index in [0.29, 0.717) is 0 Å². The molecule has 0 spiro atoms. The molecule has 1 aliphatic heterocycles. The molecule has 2 rings (SSSR count). The van der Waals surface area contributed by atoms with Crippen LogP contribution in [0, 0.1) is 0 Å². The van der Waals surface area contributed by atoms with Crippen molar-refractivity contribution in [1.29, 1.82) is 0 Å². The van der Waals surface area contributed by atoms with Gasteiger partial charge in [0.25, 0.3) is 0 Å². The van der Waals surface area contributed by atoms with Crippen molar-refractivity contribution in [3.05, 3.63) is 30.3 Å². The van der Waals surface area contributed by atoms with Gasteiger partial charge in [0.1, 0.15) is 0 Å². The van der Waals surface area contributed by atoms with Crippen molar-refractivity contribution < 1.29 is 0 Å². The van der Waals surface area contributed by atoms with Crippen LogP contribution < -0.4 is 10.9 Å². The summed E-state index contributed by atoms with van der Waals surface area (Å²) in [5.41, 5.74) is 7.59. The molecule has 1 aromatic rings. The van der Waals surface area contributed by atoms with Crippen molar-refractivity contribution in [2.75, 3.05) is 31.6 Å². The van der Waals surface area contributed by atoms with E-state index < -0.39 is 0 Å². The standard InChI is InChI=1S/C13H21N3/c1-3-7-13(8-4-1)15-14-9-12-16-10-5-2-6-11-16/h1,3-4,7-8,14-15H,2,5-6,9-12H2. The van der Waals surface area contributed by atoms with E-state index in [9.17, 15) is 0 Å². The van der Waals surface area contributed by atoms with Gasteiger partial charge >= 0.3 is 0 Å². The maximum absolute atomic E-state index is 3.26. The Labute approximate surface area is 97.8 Å². The minimum Gasteiger partial charge on any atom is -0.321 e. The molecule has 88 valence electrons. The van der Waals surface area contributed by atoms with Gasteiger partial charge in [-0.3, -0.25) is 0 Å². The lowest BCUT2D eigenvalue weighted by Crippen LogP contribution is -2.37. The van der Waals surface area contributed by atoms with Gasteiger partial charge in [-0.2, -0.15) is 0 Å². The second kappa shape index (κ2) is 6.51. The smallest absolute Gasteiger partial charge is 0.0487 e. The molecule has 1 aromatic carbocycles. The second-order valence-electron chi connectivity index (χ2n) is 4.32. The summed E-state index contributed by atoms with van der Waals surface area (Å²) in [5.74, 6) is 0. The minimum atomic E-state index is 0.995. The molecular formula is C13H21N3. The third kappa shape index (κ3) is 3.83. The largest absolute Gasteiger partial charge is 0.321 e. The number of anilines is 1. The van der Waals surface area contributed by atoms with Gasteiger partial charge in [-0.15, -0.1) is 0 Å². The molecule has 0 radical (unpaired) electrons. The number of benzene rings is 1. The van der Waals surface area contributed by atoms with E-state index in [0.717, 1.165) is 18.8 Å². The maximum Gasteiger partial charge on any atom is 0.0487 e. The Kier molecular flexibility index (Phi) is 4.65. The number of piperidine rings is 1. The molecule has 1 saturated heterocycles. The zero-order chi connectivity index (χ0) is 11.1. The highest BCUT2D eigenvalue weighted by Crippen LogP contribution is 2.07. The topological polar surface area (TPSA) is 27.3 Å². The summed E-state index contributed by atoms with van der Waals surface area (Å²) in [4.78, 5) is 2.53. The minimum absolute atomic E-state index is 0.995. The monoisotopic (exact) mass is 219 g/mol. The van der Waals surface area contributed by atoms with E-state index in [1.807, 2.05) is 18.2 Å². The number of para-hydroxylation sites is 1. The lowest BCUT2D eigenvalue weighted by molar-refractivity contribution is 0.230. The number of hydrogen-bond donors (Lipinski definition) is 2. The molecule has 0 saturated carbocycles. The van der Waals surface area contributed by atoms with Crippen LogP contribution in [-0.2, 0) is 0 Å². The average Bonchev–Trinajstić information content (AvgIpc) is 2.37. The molecule has 0 amide bonds. The second-order valence-corrected chi connectivity index (χ2v) is 4.32. The number of hydrogen-bond acceptors (Lipinski definition) is 3. The fourth-order valence-corrected chi connectivity index (χ4v) is 2.08. The van der Waals surface area contributed by atoms with Gasteiger partial charge in [-0.05, 0) is 38.1 Å². The summed E-state index contributed by atoms with van der Waals surface area (Å²) >= 11 is 0. The SMILES string of the molecule is c1ccc(NNCCN2CCCCC2)cc1. The normalized spacial score (nSPS) is 17.2. The molecule has 0 aromatic heterocycles. The van der Waals surface area contributed by atoms with E-state index in [-0.39, 0.29) is 0 Å². The molecule has 16 heavy (non-hydrogen) atoms. The zero-order valence-corrected chi connectivity index (χ0v) is 9.78. The number of hydrazine groups is 1. The van der Waals surface area contributed by atoms with Crippen molar-refractivity contribution in [3.63, 3.8) is 0 Å². The van der Waals surface area contributed by atoms with Crippen LogP contribution in [0.25, 0.3) is 0 Å². The molecule has 1 fully saturated rings. The first-order chi connectivity index (χ1) is 7.95. The summed E-state index contributed by atoms with van der Waals surface area (Å²) in [6, 6.07) is 10.2. The first-order valence-electron chi connectivity index (χ1n) is 6.21.